The van der Waals surface area contributed by atoms with Crippen molar-refractivity contribution in [1.82, 2.24) is 15.1 Å². The van der Waals surface area contributed by atoms with Gasteiger partial charge in [-0.15, -0.1) is 0 Å². The van der Waals surface area contributed by atoms with Crippen LogP contribution in [0.1, 0.15) is 47.6 Å². The number of hydrogen-bond acceptors (Lipinski definition) is 4. The average Bonchev–Trinajstić information content (AvgIpc) is 3.24. The molecule has 0 bridgehead atoms. The van der Waals surface area contributed by atoms with E-state index in [1.54, 1.807) is 0 Å². The lowest BCUT2D eigenvalue weighted by atomic mass is 10.0. The number of amides is 1. The van der Waals surface area contributed by atoms with Crippen LogP contribution in [0.15, 0.2) is 24.3 Å². The fourth-order valence-corrected chi connectivity index (χ4v) is 3.46. The van der Waals surface area contributed by atoms with Gasteiger partial charge in [-0.25, -0.2) is 9.48 Å². The lowest BCUT2D eigenvalue weighted by molar-refractivity contribution is -0.145. The van der Waals surface area contributed by atoms with Crippen LogP contribution < -0.4 is 5.32 Å². The number of carboxylic acid groups (broad SMARTS) is 1. The summed E-state index contributed by atoms with van der Waals surface area (Å²) in [6.07, 6.45) is 3.52. The van der Waals surface area contributed by atoms with Gasteiger partial charge in [0.2, 0.25) is 0 Å². The SMILES string of the molecule is CCc1ccc(-n2nc(C(=O)NC(C)(COC)C(=O)O)c3c2CCC3)cc1. The van der Waals surface area contributed by atoms with Gasteiger partial charge >= 0.3 is 5.97 Å². The molecular formula is C20H25N3O4. The van der Waals surface area contributed by atoms with E-state index in [1.165, 1.54) is 19.6 Å². The van der Waals surface area contributed by atoms with E-state index >= 15 is 0 Å². The predicted octanol–water partition coefficient (Wildman–Crippen LogP) is 2.14. The van der Waals surface area contributed by atoms with Crippen LogP contribution in [0, 0.1) is 0 Å². The van der Waals surface area contributed by atoms with E-state index in [-0.39, 0.29) is 6.61 Å². The maximum atomic E-state index is 12.8. The zero-order valence-electron chi connectivity index (χ0n) is 15.9. The monoisotopic (exact) mass is 371 g/mol. The average molecular weight is 371 g/mol. The highest BCUT2D eigenvalue weighted by atomic mass is 16.5. The largest absolute Gasteiger partial charge is 0.479 e. The second-order valence-corrected chi connectivity index (χ2v) is 7.08. The summed E-state index contributed by atoms with van der Waals surface area (Å²) < 4.78 is 6.78. The summed E-state index contributed by atoms with van der Waals surface area (Å²) in [5, 5.41) is 16.6. The highest BCUT2D eigenvalue weighted by Gasteiger charge is 2.37. The van der Waals surface area contributed by atoms with Crippen molar-refractivity contribution in [2.75, 3.05) is 13.7 Å². The number of aryl methyl sites for hydroxylation is 1. The highest BCUT2D eigenvalue weighted by molar-refractivity contribution is 5.97. The van der Waals surface area contributed by atoms with Crippen molar-refractivity contribution in [3.05, 3.63) is 46.8 Å². The maximum Gasteiger partial charge on any atom is 0.331 e. The quantitative estimate of drug-likeness (QED) is 0.778. The van der Waals surface area contributed by atoms with Crippen molar-refractivity contribution in [3.8, 4) is 5.69 Å². The molecule has 1 atom stereocenters. The first kappa shape index (κ1) is 19.1. The lowest BCUT2D eigenvalue weighted by Crippen LogP contribution is -2.55. The van der Waals surface area contributed by atoms with Crippen LogP contribution in [0.4, 0.5) is 0 Å². The summed E-state index contributed by atoms with van der Waals surface area (Å²) in [6.45, 7) is 3.40. The molecule has 2 aromatic rings. The van der Waals surface area contributed by atoms with E-state index < -0.39 is 17.4 Å². The molecule has 1 aliphatic carbocycles. The van der Waals surface area contributed by atoms with Gasteiger partial charge in [-0.2, -0.15) is 5.10 Å². The van der Waals surface area contributed by atoms with E-state index in [1.807, 2.05) is 16.8 Å². The van der Waals surface area contributed by atoms with Gasteiger partial charge in [0.25, 0.3) is 5.91 Å². The number of fused-ring (bicyclic) bond motifs is 1. The van der Waals surface area contributed by atoms with E-state index in [0.29, 0.717) is 5.69 Å². The number of ether oxygens (including phenoxy) is 1. The molecule has 3 rings (SSSR count). The van der Waals surface area contributed by atoms with Crippen LogP contribution in [0.2, 0.25) is 0 Å². The third-order valence-corrected chi connectivity index (χ3v) is 5.03. The minimum Gasteiger partial charge on any atom is -0.479 e. The number of rotatable bonds is 7. The number of aromatic nitrogens is 2. The minimum absolute atomic E-state index is 0.130. The van der Waals surface area contributed by atoms with Crippen molar-refractivity contribution in [2.24, 2.45) is 0 Å². The molecule has 7 heteroatoms. The van der Waals surface area contributed by atoms with Crippen LogP contribution in [0.25, 0.3) is 5.69 Å². The first-order chi connectivity index (χ1) is 12.9. The van der Waals surface area contributed by atoms with E-state index in [9.17, 15) is 14.7 Å². The van der Waals surface area contributed by atoms with Gasteiger partial charge in [0, 0.05) is 18.4 Å². The number of benzene rings is 1. The van der Waals surface area contributed by atoms with Crippen molar-refractivity contribution in [1.29, 1.82) is 0 Å². The first-order valence-electron chi connectivity index (χ1n) is 9.14. The van der Waals surface area contributed by atoms with Gasteiger partial charge in [0.15, 0.2) is 11.2 Å². The second kappa shape index (κ2) is 7.52. The van der Waals surface area contributed by atoms with E-state index in [2.05, 4.69) is 29.5 Å². The van der Waals surface area contributed by atoms with Gasteiger partial charge in [-0.05, 0) is 50.3 Å². The summed E-state index contributed by atoms with van der Waals surface area (Å²) in [6, 6.07) is 8.10. The molecule has 1 unspecified atom stereocenters. The molecule has 0 aliphatic heterocycles. The summed E-state index contributed by atoms with van der Waals surface area (Å²) in [4.78, 5) is 24.4. The highest BCUT2D eigenvalue weighted by Crippen LogP contribution is 2.28. The van der Waals surface area contributed by atoms with Crippen molar-refractivity contribution in [2.45, 2.75) is 45.1 Å². The van der Waals surface area contributed by atoms with Crippen LogP contribution in [-0.4, -0.2) is 46.0 Å². The Labute approximate surface area is 158 Å². The minimum atomic E-state index is -1.51. The zero-order chi connectivity index (χ0) is 19.6. The van der Waals surface area contributed by atoms with Crippen molar-refractivity contribution < 1.29 is 19.4 Å². The molecule has 144 valence electrons. The molecule has 7 nitrogen and oxygen atoms in total. The molecule has 0 radical (unpaired) electrons. The third kappa shape index (κ3) is 3.60. The second-order valence-electron chi connectivity index (χ2n) is 7.08. The number of nitrogens with zero attached hydrogens (tertiary/aromatic N) is 2. The number of aliphatic carboxylic acids is 1. The summed E-state index contributed by atoms with van der Waals surface area (Å²) in [5.74, 6) is -1.64. The zero-order valence-corrected chi connectivity index (χ0v) is 15.9. The molecule has 27 heavy (non-hydrogen) atoms. The van der Waals surface area contributed by atoms with Gasteiger partial charge in [0.05, 0.1) is 12.3 Å². The molecule has 0 saturated carbocycles. The first-order valence-corrected chi connectivity index (χ1v) is 9.14. The summed E-state index contributed by atoms with van der Waals surface area (Å²) in [7, 11) is 1.40. The Bertz CT molecular complexity index is 857. The van der Waals surface area contributed by atoms with E-state index in [0.717, 1.165) is 42.6 Å². The summed E-state index contributed by atoms with van der Waals surface area (Å²) in [5.41, 5.74) is 2.85. The van der Waals surface area contributed by atoms with Crippen LogP contribution in [0.5, 0.6) is 0 Å². The molecule has 1 aromatic heterocycles. The van der Waals surface area contributed by atoms with Gasteiger partial charge in [-0.1, -0.05) is 19.1 Å². The standard InChI is InChI=1S/C20H25N3O4/c1-4-13-8-10-14(11-9-13)23-16-7-5-6-15(16)17(22-23)18(24)21-20(2,12-27-3)19(25)26/h8-11H,4-7,12H2,1-3H3,(H,21,24)(H,25,26). The van der Waals surface area contributed by atoms with Crippen molar-refractivity contribution >= 4 is 11.9 Å². The topological polar surface area (TPSA) is 93.5 Å². The van der Waals surface area contributed by atoms with Gasteiger partial charge in [-0.3, -0.25) is 4.79 Å². The molecular weight excluding hydrogens is 346 g/mol. The lowest BCUT2D eigenvalue weighted by Gasteiger charge is -2.24. The number of carbonyl (C=O) groups is 2. The Morgan fingerprint density at radius 2 is 2.00 bits per heavy atom. The Morgan fingerprint density at radius 3 is 2.59 bits per heavy atom. The normalized spacial score (nSPS) is 15.2. The van der Waals surface area contributed by atoms with Crippen LogP contribution in [0.3, 0.4) is 0 Å². The van der Waals surface area contributed by atoms with Gasteiger partial charge in [0.1, 0.15) is 0 Å². The molecule has 1 aromatic carbocycles. The number of hydrogen-bond donors (Lipinski definition) is 2. The molecule has 1 amide bonds. The third-order valence-electron chi connectivity index (χ3n) is 5.03. The van der Waals surface area contributed by atoms with Crippen molar-refractivity contribution in [3.63, 3.8) is 0 Å². The van der Waals surface area contributed by atoms with Crippen LogP contribution in [-0.2, 0) is 28.8 Å². The van der Waals surface area contributed by atoms with Gasteiger partial charge < -0.3 is 15.2 Å². The smallest absolute Gasteiger partial charge is 0.331 e. The number of methoxy groups -OCH3 is 1. The number of carboxylic acids is 1. The number of nitrogens with one attached hydrogen (secondary N) is 1. The fourth-order valence-electron chi connectivity index (χ4n) is 3.46. The van der Waals surface area contributed by atoms with Crippen LogP contribution >= 0.6 is 0 Å². The predicted molar refractivity (Wildman–Crippen MR) is 100 cm³/mol. The molecule has 1 aliphatic rings. The molecule has 2 N–H and O–H groups in total. The molecule has 0 saturated heterocycles. The molecule has 0 fully saturated rings. The maximum absolute atomic E-state index is 12.8. The molecule has 0 spiro atoms. The summed E-state index contributed by atoms with van der Waals surface area (Å²) >= 11 is 0. The Kier molecular flexibility index (Phi) is 5.32. The Hall–Kier alpha value is -2.67. The fraction of sp³-hybridized carbons (Fsp3) is 0.450. The Balaban J connectivity index is 1.95. The number of carbonyl (C=O) groups excluding carboxylic acids is 1. The Morgan fingerprint density at radius 1 is 1.30 bits per heavy atom. The van der Waals surface area contributed by atoms with E-state index in [4.69, 9.17) is 4.74 Å². The molecule has 1 heterocycles.